The molecule has 0 atom stereocenters. The number of hydrogen-bond acceptors (Lipinski definition) is 4. The molecule has 6 heteroatoms. The topological polar surface area (TPSA) is 48.9 Å². The van der Waals surface area contributed by atoms with Crippen molar-refractivity contribution < 1.29 is 18.8 Å². The summed E-state index contributed by atoms with van der Waals surface area (Å²) in [6, 6.07) is 9.72. The molecule has 6 nitrogen and oxygen atoms in total. The number of aryl methyl sites for hydroxylation is 1. The third-order valence-electron chi connectivity index (χ3n) is 3.61. The second kappa shape index (κ2) is 5.55. The fourth-order valence-electron chi connectivity index (χ4n) is 2.51. The van der Waals surface area contributed by atoms with E-state index in [2.05, 4.69) is 5.10 Å². The number of benzene rings is 1. The summed E-state index contributed by atoms with van der Waals surface area (Å²) in [6.45, 7) is 0. The lowest BCUT2D eigenvalue weighted by atomic mass is 10.1. The van der Waals surface area contributed by atoms with Gasteiger partial charge in [-0.3, -0.25) is 0 Å². The van der Waals surface area contributed by atoms with Gasteiger partial charge in [0.05, 0.1) is 39.0 Å². The van der Waals surface area contributed by atoms with Crippen molar-refractivity contribution in [3.63, 3.8) is 0 Å². The Labute approximate surface area is 128 Å². The summed E-state index contributed by atoms with van der Waals surface area (Å²) < 4.78 is 20.0. The maximum absolute atomic E-state index is 5.41. The molecule has 0 spiro atoms. The van der Waals surface area contributed by atoms with Crippen molar-refractivity contribution in [3.8, 4) is 28.6 Å². The number of pyridine rings is 1. The molecule has 0 aliphatic heterocycles. The first kappa shape index (κ1) is 14.2. The Hall–Kier alpha value is -2.76. The second-order valence-electron chi connectivity index (χ2n) is 4.80. The Morgan fingerprint density at radius 3 is 2.23 bits per heavy atom. The third-order valence-corrected chi connectivity index (χ3v) is 3.61. The van der Waals surface area contributed by atoms with Crippen molar-refractivity contribution >= 4 is 5.65 Å². The van der Waals surface area contributed by atoms with E-state index in [0.717, 1.165) is 17.0 Å². The molecule has 0 fully saturated rings. The predicted molar refractivity (Wildman–Crippen MR) is 81.5 cm³/mol. The molecule has 0 unspecified atom stereocenters. The van der Waals surface area contributed by atoms with Crippen LogP contribution in [0.25, 0.3) is 17.0 Å². The first-order valence-corrected chi connectivity index (χ1v) is 6.83. The molecule has 0 bridgehead atoms. The van der Waals surface area contributed by atoms with E-state index in [1.165, 1.54) is 0 Å². The Kier molecular flexibility index (Phi) is 3.58. The van der Waals surface area contributed by atoms with Crippen LogP contribution < -0.4 is 18.8 Å². The van der Waals surface area contributed by atoms with E-state index in [-0.39, 0.29) is 0 Å². The molecule has 1 aromatic carbocycles. The molecular formula is C16H18N3O3+. The third kappa shape index (κ3) is 2.13. The number of fused-ring (bicyclic) bond motifs is 1. The molecule has 2 heterocycles. The largest absolute Gasteiger partial charge is 0.493 e. The number of nitrogens with zero attached hydrogens (tertiary/aromatic N) is 3. The molecule has 114 valence electrons. The fraction of sp³-hybridized carbons (Fsp3) is 0.250. The van der Waals surface area contributed by atoms with Gasteiger partial charge < -0.3 is 14.2 Å². The van der Waals surface area contributed by atoms with Crippen LogP contribution in [0, 0.1) is 0 Å². The van der Waals surface area contributed by atoms with Crippen molar-refractivity contribution in [1.29, 1.82) is 0 Å². The van der Waals surface area contributed by atoms with Crippen LogP contribution in [0.3, 0.4) is 0 Å². The van der Waals surface area contributed by atoms with Gasteiger partial charge in [0, 0.05) is 6.07 Å². The van der Waals surface area contributed by atoms with Crippen LogP contribution in [0.1, 0.15) is 0 Å². The van der Waals surface area contributed by atoms with Crippen LogP contribution in [0.5, 0.6) is 17.2 Å². The summed E-state index contributed by atoms with van der Waals surface area (Å²) >= 11 is 0. The van der Waals surface area contributed by atoms with Gasteiger partial charge in [0.25, 0.3) is 5.65 Å². The van der Waals surface area contributed by atoms with E-state index in [9.17, 15) is 0 Å². The average Bonchev–Trinajstić information content (AvgIpc) is 2.90. The highest BCUT2D eigenvalue weighted by Crippen LogP contribution is 2.40. The molecule has 3 aromatic rings. The number of rotatable bonds is 4. The molecule has 22 heavy (non-hydrogen) atoms. The normalized spacial score (nSPS) is 10.7. The van der Waals surface area contributed by atoms with E-state index >= 15 is 0 Å². The first-order chi connectivity index (χ1) is 10.7. The van der Waals surface area contributed by atoms with Crippen molar-refractivity contribution in [3.05, 3.63) is 36.5 Å². The van der Waals surface area contributed by atoms with E-state index in [1.807, 2.05) is 52.7 Å². The highest BCUT2D eigenvalue weighted by Gasteiger charge is 2.22. The second-order valence-corrected chi connectivity index (χ2v) is 4.80. The molecule has 0 aliphatic rings. The van der Waals surface area contributed by atoms with Crippen molar-refractivity contribution in [1.82, 2.24) is 9.61 Å². The smallest absolute Gasteiger partial charge is 0.309 e. The van der Waals surface area contributed by atoms with Gasteiger partial charge in [0.1, 0.15) is 6.20 Å². The summed E-state index contributed by atoms with van der Waals surface area (Å²) in [6.07, 6.45) is 1.91. The zero-order chi connectivity index (χ0) is 15.7. The summed E-state index contributed by atoms with van der Waals surface area (Å²) in [7, 11) is 6.77. The first-order valence-electron chi connectivity index (χ1n) is 6.83. The van der Waals surface area contributed by atoms with Gasteiger partial charge >= 0.3 is 5.82 Å². The number of aromatic nitrogens is 3. The van der Waals surface area contributed by atoms with Gasteiger partial charge in [-0.05, 0) is 18.2 Å². The molecule has 0 saturated carbocycles. The van der Waals surface area contributed by atoms with Gasteiger partial charge in [0.2, 0.25) is 5.75 Å². The lowest BCUT2D eigenvalue weighted by molar-refractivity contribution is -0.634. The molecular weight excluding hydrogens is 282 g/mol. The van der Waals surface area contributed by atoms with Crippen molar-refractivity contribution in [2.24, 2.45) is 7.05 Å². The van der Waals surface area contributed by atoms with Crippen LogP contribution in [-0.4, -0.2) is 30.9 Å². The van der Waals surface area contributed by atoms with Crippen LogP contribution in [-0.2, 0) is 7.05 Å². The van der Waals surface area contributed by atoms with E-state index in [4.69, 9.17) is 14.2 Å². The summed E-state index contributed by atoms with van der Waals surface area (Å²) in [4.78, 5) is 0. The van der Waals surface area contributed by atoms with Gasteiger partial charge in [-0.2, -0.15) is 0 Å². The Morgan fingerprint density at radius 1 is 1.00 bits per heavy atom. The summed E-state index contributed by atoms with van der Waals surface area (Å²) in [5.74, 6) is 2.59. The van der Waals surface area contributed by atoms with Crippen LogP contribution in [0.2, 0.25) is 0 Å². The SMILES string of the molecule is COc1cc(-c2nn3ccccc3[n+]2C)cc(OC)c1OC. The molecule has 3 rings (SSSR count). The van der Waals surface area contributed by atoms with E-state index < -0.39 is 0 Å². The zero-order valence-electron chi connectivity index (χ0n) is 13.0. The maximum atomic E-state index is 5.41. The van der Waals surface area contributed by atoms with Gasteiger partial charge in [-0.25, -0.2) is 4.57 Å². The zero-order valence-corrected chi connectivity index (χ0v) is 13.0. The monoisotopic (exact) mass is 300 g/mol. The number of methoxy groups -OCH3 is 3. The van der Waals surface area contributed by atoms with Gasteiger partial charge in [-0.15, -0.1) is 0 Å². The standard InChI is InChI=1S/C16H18N3O3/c1-18-14-7-5-6-8-19(14)17-16(18)11-9-12(20-2)15(22-4)13(10-11)21-3/h5-10H,1-4H3/q+1. The van der Waals surface area contributed by atoms with E-state index in [0.29, 0.717) is 17.2 Å². The van der Waals surface area contributed by atoms with E-state index in [1.54, 1.807) is 21.3 Å². The lowest BCUT2D eigenvalue weighted by Gasteiger charge is -2.12. The Bertz CT molecular complexity index is 802. The van der Waals surface area contributed by atoms with Gasteiger partial charge in [-0.1, -0.05) is 10.6 Å². The minimum Gasteiger partial charge on any atom is -0.493 e. The Morgan fingerprint density at radius 2 is 1.68 bits per heavy atom. The highest BCUT2D eigenvalue weighted by molar-refractivity contribution is 5.65. The molecule has 0 N–H and O–H groups in total. The molecule has 0 aliphatic carbocycles. The predicted octanol–water partition coefficient (Wildman–Crippen LogP) is 1.85. The number of hydrogen-bond donors (Lipinski definition) is 0. The molecule has 0 saturated heterocycles. The molecule has 2 aromatic heterocycles. The summed E-state index contributed by atoms with van der Waals surface area (Å²) in [5.41, 5.74) is 1.88. The lowest BCUT2D eigenvalue weighted by Crippen LogP contribution is -2.29. The molecule has 0 radical (unpaired) electrons. The fourth-order valence-corrected chi connectivity index (χ4v) is 2.51. The van der Waals surface area contributed by atoms with Crippen LogP contribution in [0.4, 0.5) is 0 Å². The van der Waals surface area contributed by atoms with Gasteiger partial charge in [0.15, 0.2) is 11.5 Å². The number of ether oxygens (including phenoxy) is 3. The maximum Gasteiger partial charge on any atom is 0.309 e. The van der Waals surface area contributed by atoms with Crippen molar-refractivity contribution in [2.75, 3.05) is 21.3 Å². The highest BCUT2D eigenvalue weighted by atomic mass is 16.5. The summed E-state index contributed by atoms with van der Waals surface area (Å²) in [5, 5.41) is 4.62. The van der Waals surface area contributed by atoms with Crippen LogP contribution >= 0.6 is 0 Å². The minimum atomic E-state index is 0.570. The quantitative estimate of drug-likeness (QED) is 0.690. The van der Waals surface area contributed by atoms with Crippen LogP contribution in [0.15, 0.2) is 36.5 Å². The minimum absolute atomic E-state index is 0.570. The van der Waals surface area contributed by atoms with Crippen molar-refractivity contribution in [2.45, 2.75) is 0 Å². The molecule has 0 amide bonds. The Balaban J connectivity index is 2.24. The average molecular weight is 300 g/mol.